The van der Waals surface area contributed by atoms with Gasteiger partial charge in [-0.25, -0.2) is 8.42 Å². The molecule has 2 N–H and O–H groups in total. The standard InChI is InChI=1S/C20H24ClN3O3S2/c1-14(2)15-3-5-16(6-4-15)22-20(28)23-17-7-8-18(21)19(13-17)29(25,26)24-9-11-27-12-10-24/h3-8,13-14H,9-12H2,1-2H3,(H2,22,23,28). The van der Waals surface area contributed by atoms with Crippen LogP contribution < -0.4 is 10.6 Å². The third-order valence-corrected chi connectivity index (χ3v) is 7.20. The SMILES string of the molecule is CC(C)c1ccc(NC(=S)Nc2ccc(Cl)c(S(=O)(=O)N3CCOCC3)c2)cc1. The highest BCUT2D eigenvalue weighted by Crippen LogP contribution is 2.28. The van der Waals surface area contributed by atoms with E-state index in [1.807, 2.05) is 24.3 Å². The van der Waals surface area contributed by atoms with Crippen LogP contribution in [0.15, 0.2) is 47.4 Å². The topological polar surface area (TPSA) is 70.7 Å². The number of anilines is 2. The van der Waals surface area contributed by atoms with Crippen LogP contribution in [-0.2, 0) is 14.8 Å². The molecule has 0 radical (unpaired) electrons. The Balaban J connectivity index is 1.73. The smallest absolute Gasteiger partial charge is 0.244 e. The lowest BCUT2D eigenvalue weighted by Crippen LogP contribution is -2.40. The molecule has 0 bridgehead atoms. The average molecular weight is 454 g/mol. The summed E-state index contributed by atoms with van der Waals surface area (Å²) in [6, 6.07) is 12.8. The van der Waals surface area contributed by atoms with Crippen molar-refractivity contribution in [1.29, 1.82) is 0 Å². The van der Waals surface area contributed by atoms with E-state index in [9.17, 15) is 8.42 Å². The van der Waals surface area contributed by atoms with Gasteiger partial charge in [0.15, 0.2) is 5.11 Å². The molecule has 2 aromatic carbocycles. The van der Waals surface area contributed by atoms with Gasteiger partial charge in [0.2, 0.25) is 10.0 Å². The summed E-state index contributed by atoms with van der Waals surface area (Å²) in [5.74, 6) is 0.454. The molecule has 0 unspecified atom stereocenters. The van der Waals surface area contributed by atoms with Gasteiger partial charge in [-0.15, -0.1) is 0 Å². The summed E-state index contributed by atoms with van der Waals surface area (Å²) in [4.78, 5) is 0.0511. The van der Waals surface area contributed by atoms with Crippen molar-refractivity contribution in [3.8, 4) is 0 Å². The quantitative estimate of drug-likeness (QED) is 0.658. The zero-order valence-electron chi connectivity index (χ0n) is 16.3. The lowest BCUT2D eigenvalue weighted by molar-refractivity contribution is 0.0730. The van der Waals surface area contributed by atoms with Crippen LogP contribution >= 0.6 is 23.8 Å². The zero-order valence-corrected chi connectivity index (χ0v) is 18.7. The van der Waals surface area contributed by atoms with E-state index >= 15 is 0 Å². The molecule has 1 aliphatic heterocycles. The van der Waals surface area contributed by atoms with Crippen LogP contribution in [0.4, 0.5) is 11.4 Å². The number of rotatable bonds is 5. The second-order valence-corrected chi connectivity index (χ2v) is 9.74. The first-order valence-electron chi connectivity index (χ1n) is 9.33. The molecular weight excluding hydrogens is 430 g/mol. The number of hydrogen-bond donors (Lipinski definition) is 2. The van der Waals surface area contributed by atoms with E-state index in [2.05, 4.69) is 24.5 Å². The molecule has 1 heterocycles. The highest BCUT2D eigenvalue weighted by molar-refractivity contribution is 7.89. The maximum Gasteiger partial charge on any atom is 0.244 e. The molecule has 9 heteroatoms. The second kappa shape index (κ2) is 9.40. The summed E-state index contributed by atoms with van der Waals surface area (Å²) < 4.78 is 32.5. The Morgan fingerprint density at radius 3 is 2.28 bits per heavy atom. The van der Waals surface area contributed by atoms with Crippen molar-refractivity contribution in [1.82, 2.24) is 4.31 Å². The van der Waals surface area contributed by atoms with Gasteiger partial charge in [0.1, 0.15) is 4.90 Å². The van der Waals surface area contributed by atoms with Gasteiger partial charge in [0.05, 0.1) is 18.2 Å². The Morgan fingerprint density at radius 1 is 1.07 bits per heavy atom. The molecule has 156 valence electrons. The van der Waals surface area contributed by atoms with Gasteiger partial charge in [0, 0.05) is 24.5 Å². The highest BCUT2D eigenvalue weighted by Gasteiger charge is 2.28. The van der Waals surface area contributed by atoms with Gasteiger partial charge in [0.25, 0.3) is 0 Å². The zero-order chi connectivity index (χ0) is 21.0. The van der Waals surface area contributed by atoms with E-state index in [0.29, 0.717) is 43.0 Å². The number of halogens is 1. The molecule has 0 spiro atoms. The highest BCUT2D eigenvalue weighted by atomic mass is 35.5. The Labute approximate surface area is 182 Å². The maximum absolute atomic E-state index is 12.9. The first-order chi connectivity index (χ1) is 13.8. The molecule has 0 aromatic heterocycles. The van der Waals surface area contributed by atoms with Gasteiger partial charge in [-0.1, -0.05) is 37.6 Å². The van der Waals surface area contributed by atoms with E-state index in [1.54, 1.807) is 12.1 Å². The molecule has 2 aromatic rings. The largest absolute Gasteiger partial charge is 0.379 e. The summed E-state index contributed by atoms with van der Waals surface area (Å²) in [6.07, 6.45) is 0. The average Bonchev–Trinajstić information content (AvgIpc) is 2.70. The fourth-order valence-electron chi connectivity index (χ4n) is 2.95. The number of ether oxygens (including phenoxy) is 1. The van der Waals surface area contributed by atoms with Crippen molar-refractivity contribution >= 4 is 50.3 Å². The van der Waals surface area contributed by atoms with Gasteiger partial charge >= 0.3 is 0 Å². The Hall–Kier alpha value is -1.71. The normalized spacial score (nSPS) is 15.3. The van der Waals surface area contributed by atoms with Gasteiger partial charge in [-0.3, -0.25) is 0 Å². The van der Waals surface area contributed by atoms with Crippen molar-refractivity contribution < 1.29 is 13.2 Å². The summed E-state index contributed by atoms with van der Waals surface area (Å²) in [6.45, 7) is 5.64. The van der Waals surface area contributed by atoms with Crippen molar-refractivity contribution in [2.75, 3.05) is 36.9 Å². The maximum atomic E-state index is 12.9. The first kappa shape index (κ1) is 22.0. The predicted octanol–water partition coefficient (Wildman–Crippen LogP) is 4.29. The molecule has 0 saturated carbocycles. The van der Waals surface area contributed by atoms with E-state index in [1.165, 1.54) is 15.9 Å². The molecular formula is C20H24ClN3O3S2. The molecule has 0 amide bonds. The number of morpholine rings is 1. The van der Waals surface area contributed by atoms with Crippen LogP contribution in [0.2, 0.25) is 5.02 Å². The van der Waals surface area contributed by atoms with Crippen molar-refractivity contribution in [2.24, 2.45) is 0 Å². The van der Waals surface area contributed by atoms with Crippen molar-refractivity contribution in [3.63, 3.8) is 0 Å². The van der Waals surface area contributed by atoms with Crippen LogP contribution in [0.5, 0.6) is 0 Å². The molecule has 1 aliphatic rings. The Bertz CT molecular complexity index is 973. The van der Waals surface area contributed by atoms with E-state index in [-0.39, 0.29) is 9.92 Å². The number of hydrogen-bond acceptors (Lipinski definition) is 4. The summed E-state index contributed by atoms with van der Waals surface area (Å²) >= 11 is 11.6. The minimum absolute atomic E-state index is 0.0511. The van der Waals surface area contributed by atoms with Crippen molar-refractivity contribution in [3.05, 3.63) is 53.1 Å². The monoisotopic (exact) mass is 453 g/mol. The van der Waals surface area contributed by atoms with Crippen LogP contribution in [0.3, 0.4) is 0 Å². The first-order valence-corrected chi connectivity index (χ1v) is 11.6. The van der Waals surface area contributed by atoms with Crippen LogP contribution in [0.1, 0.15) is 25.3 Å². The molecule has 1 saturated heterocycles. The minimum atomic E-state index is -3.71. The predicted molar refractivity (Wildman–Crippen MR) is 121 cm³/mol. The molecule has 6 nitrogen and oxygen atoms in total. The summed E-state index contributed by atoms with van der Waals surface area (Å²) in [7, 11) is -3.71. The van der Waals surface area contributed by atoms with Gasteiger partial charge in [-0.05, 0) is 54.0 Å². The van der Waals surface area contributed by atoms with Crippen LogP contribution in [0.25, 0.3) is 0 Å². The van der Waals surface area contributed by atoms with Crippen LogP contribution in [0, 0.1) is 0 Å². The number of thiocarbonyl (C=S) groups is 1. The van der Waals surface area contributed by atoms with Gasteiger partial charge in [-0.2, -0.15) is 4.31 Å². The van der Waals surface area contributed by atoms with E-state index in [0.717, 1.165) is 5.69 Å². The fourth-order valence-corrected chi connectivity index (χ4v) is 5.09. The lowest BCUT2D eigenvalue weighted by Gasteiger charge is -2.26. The van der Waals surface area contributed by atoms with Crippen molar-refractivity contribution in [2.45, 2.75) is 24.7 Å². The fraction of sp³-hybridized carbons (Fsp3) is 0.350. The molecule has 0 aliphatic carbocycles. The number of nitrogens with zero attached hydrogens (tertiary/aromatic N) is 1. The number of nitrogens with one attached hydrogen (secondary N) is 2. The molecule has 1 fully saturated rings. The molecule has 3 rings (SSSR count). The Kier molecular flexibility index (Phi) is 7.13. The molecule has 29 heavy (non-hydrogen) atoms. The third-order valence-electron chi connectivity index (χ3n) is 4.61. The van der Waals surface area contributed by atoms with Gasteiger partial charge < -0.3 is 15.4 Å². The number of benzene rings is 2. The summed E-state index contributed by atoms with van der Waals surface area (Å²) in [5, 5.41) is 6.66. The third kappa shape index (κ3) is 5.46. The minimum Gasteiger partial charge on any atom is -0.379 e. The van der Waals surface area contributed by atoms with E-state index < -0.39 is 10.0 Å². The second-order valence-electron chi connectivity index (χ2n) is 7.02. The lowest BCUT2D eigenvalue weighted by atomic mass is 10.0. The number of sulfonamides is 1. The Morgan fingerprint density at radius 2 is 1.66 bits per heavy atom. The van der Waals surface area contributed by atoms with E-state index in [4.69, 9.17) is 28.6 Å². The molecule has 0 atom stereocenters. The summed E-state index contributed by atoms with van der Waals surface area (Å²) in [5.41, 5.74) is 2.63. The van der Waals surface area contributed by atoms with Crippen LogP contribution in [-0.4, -0.2) is 44.1 Å².